The Hall–Kier alpha value is -1.63. The number of hydrogen-bond acceptors (Lipinski definition) is 6. The Balaban J connectivity index is 2.28. The molecule has 0 saturated heterocycles. The van der Waals surface area contributed by atoms with Crippen LogP contribution in [0.15, 0.2) is 4.42 Å². The fourth-order valence-electron chi connectivity index (χ4n) is 1.39. The van der Waals surface area contributed by atoms with Crippen LogP contribution in [0.2, 0.25) is 0 Å². The van der Waals surface area contributed by atoms with Crippen LogP contribution in [0.5, 0.6) is 0 Å². The molecular weight excluding hydrogens is 246 g/mol. The number of nitrogens with zero attached hydrogens (tertiary/aromatic N) is 2. The largest absolute Gasteiger partial charge is 0.407 e. The quantitative estimate of drug-likeness (QED) is 0.645. The maximum Gasteiger partial charge on any atom is 0.315 e. The van der Waals surface area contributed by atoms with Crippen molar-refractivity contribution in [3.63, 3.8) is 0 Å². The van der Waals surface area contributed by atoms with E-state index in [9.17, 15) is 4.79 Å². The summed E-state index contributed by atoms with van der Waals surface area (Å²) in [5, 5.41) is 16.5. The van der Waals surface area contributed by atoms with Gasteiger partial charge in [-0.3, -0.25) is 4.79 Å². The van der Waals surface area contributed by atoms with Crippen molar-refractivity contribution in [1.29, 1.82) is 0 Å². The van der Waals surface area contributed by atoms with E-state index in [2.05, 4.69) is 40.0 Å². The van der Waals surface area contributed by atoms with Gasteiger partial charge >= 0.3 is 6.01 Å². The van der Waals surface area contributed by atoms with E-state index in [1.54, 1.807) is 0 Å². The van der Waals surface area contributed by atoms with Gasteiger partial charge in [0.1, 0.15) is 0 Å². The molecule has 0 fully saturated rings. The van der Waals surface area contributed by atoms with E-state index in [-0.39, 0.29) is 24.5 Å². The second kappa shape index (κ2) is 7.73. The zero-order valence-corrected chi connectivity index (χ0v) is 12.0. The smallest absolute Gasteiger partial charge is 0.315 e. The second-order valence-electron chi connectivity index (χ2n) is 5.10. The minimum Gasteiger partial charge on any atom is -0.407 e. The van der Waals surface area contributed by atoms with Crippen LogP contribution in [-0.2, 0) is 11.3 Å². The highest BCUT2D eigenvalue weighted by atomic mass is 16.4. The lowest BCUT2D eigenvalue weighted by Crippen LogP contribution is -2.34. The molecule has 19 heavy (non-hydrogen) atoms. The second-order valence-corrected chi connectivity index (χ2v) is 5.10. The van der Waals surface area contributed by atoms with Crippen LogP contribution >= 0.6 is 0 Å². The van der Waals surface area contributed by atoms with E-state index < -0.39 is 0 Å². The number of aromatic nitrogens is 2. The zero-order valence-electron chi connectivity index (χ0n) is 12.0. The predicted octanol–water partition coefficient (Wildman–Crippen LogP) is 0.752. The topological polar surface area (TPSA) is 92.1 Å². The standard InChI is InChI=1S/C12H23N5O2/c1-8(2)5-13-7-11-16-17-12(19-11)14-6-10(18)15-9(3)4/h8-9,13H,5-7H2,1-4H3,(H,14,17)(H,15,18). The molecule has 0 aliphatic heterocycles. The minimum absolute atomic E-state index is 0.104. The van der Waals surface area contributed by atoms with Gasteiger partial charge in [0.05, 0.1) is 13.1 Å². The zero-order chi connectivity index (χ0) is 14.3. The van der Waals surface area contributed by atoms with Crippen molar-refractivity contribution in [2.45, 2.75) is 40.3 Å². The van der Waals surface area contributed by atoms with Gasteiger partial charge in [-0.1, -0.05) is 18.9 Å². The molecule has 7 nitrogen and oxygen atoms in total. The van der Waals surface area contributed by atoms with Gasteiger partial charge in [0.15, 0.2) is 0 Å². The van der Waals surface area contributed by atoms with Crippen molar-refractivity contribution in [1.82, 2.24) is 20.8 Å². The molecule has 0 saturated carbocycles. The Labute approximate surface area is 113 Å². The lowest BCUT2D eigenvalue weighted by Gasteiger charge is -2.07. The van der Waals surface area contributed by atoms with E-state index in [1.165, 1.54) is 0 Å². The van der Waals surface area contributed by atoms with E-state index in [0.29, 0.717) is 18.4 Å². The summed E-state index contributed by atoms with van der Waals surface area (Å²) in [6, 6.07) is 0.382. The minimum atomic E-state index is -0.104. The van der Waals surface area contributed by atoms with Crippen LogP contribution in [0.25, 0.3) is 0 Å². The van der Waals surface area contributed by atoms with E-state index in [0.717, 1.165) is 6.54 Å². The Morgan fingerprint density at radius 3 is 2.63 bits per heavy atom. The lowest BCUT2D eigenvalue weighted by molar-refractivity contribution is -0.119. The molecular formula is C12H23N5O2. The van der Waals surface area contributed by atoms with E-state index in [4.69, 9.17) is 4.42 Å². The molecule has 3 N–H and O–H groups in total. The molecule has 1 rings (SSSR count). The molecule has 1 aromatic rings. The molecule has 0 aliphatic rings. The van der Waals surface area contributed by atoms with Crippen molar-refractivity contribution in [3.05, 3.63) is 5.89 Å². The van der Waals surface area contributed by atoms with Gasteiger partial charge in [0.2, 0.25) is 11.8 Å². The number of nitrogens with one attached hydrogen (secondary N) is 3. The number of carbonyl (C=O) groups excluding carboxylic acids is 1. The van der Waals surface area contributed by atoms with Crippen LogP contribution in [0.4, 0.5) is 6.01 Å². The summed E-state index contributed by atoms with van der Waals surface area (Å²) >= 11 is 0. The van der Waals surface area contributed by atoms with Crippen molar-refractivity contribution < 1.29 is 9.21 Å². The van der Waals surface area contributed by atoms with Crippen molar-refractivity contribution in [2.24, 2.45) is 5.92 Å². The Morgan fingerprint density at radius 1 is 1.26 bits per heavy atom. The third-order valence-corrected chi connectivity index (χ3v) is 2.15. The van der Waals surface area contributed by atoms with Gasteiger partial charge in [-0.2, -0.15) is 0 Å². The van der Waals surface area contributed by atoms with Crippen LogP contribution in [-0.4, -0.2) is 35.2 Å². The Kier molecular flexibility index (Phi) is 6.27. The molecule has 0 spiro atoms. The molecule has 0 radical (unpaired) electrons. The number of carbonyl (C=O) groups is 1. The van der Waals surface area contributed by atoms with Crippen LogP contribution in [0.3, 0.4) is 0 Å². The van der Waals surface area contributed by atoms with Gasteiger partial charge in [0.25, 0.3) is 0 Å². The van der Waals surface area contributed by atoms with Gasteiger partial charge < -0.3 is 20.4 Å². The average Bonchev–Trinajstić information content (AvgIpc) is 2.73. The van der Waals surface area contributed by atoms with Gasteiger partial charge in [-0.05, 0) is 26.3 Å². The summed E-state index contributed by atoms with van der Waals surface area (Å²) < 4.78 is 5.35. The summed E-state index contributed by atoms with van der Waals surface area (Å²) in [5.74, 6) is 0.973. The molecule has 0 unspecified atom stereocenters. The monoisotopic (exact) mass is 269 g/mol. The van der Waals surface area contributed by atoms with Gasteiger partial charge in [0, 0.05) is 6.04 Å². The Bertz CT molecular complexity index is 389. The summed E-state index contributed by atoms with van der Waals surface area (Å²) in [5.41, 5.74) is 0. The first-order valence-corrected chi connectivity index (χ1v) is 6.53. The molecule has 108 valence electrons. The molecule has 1 aromatic heterocycles. The molecule has 0 aromatic carbocycles. The molecule has 0 aliphatic carbocycles. The SMILES string of the molecule is CC(C)CNCc1nnc(NCC(=O)NC(C)C)o1. The van der Waals surface area contributed by atoms with Gasteiger partial charge in [-0.15, -0.1) is 5.10 Å². The lowest BCUT2D eigenvalue weighted by atomic mass is 10.2. The number of amides is 1. The maximum absolute atomic E-state index is 11.4. The number of hydrogen-bond donors (Lipinski definition) is 3. The summed E-state index contributed by atoms with van der Waals surface area (Å²) in [4.78, 5) is 11.4. The van der Waals surface area contributed by atoms with E-state index in [1.807, 2.05) is 13.8 Å². The average molecular weight is 269 g/mol. The summed E-state index contributed by atoms with van der Waals surface area (Å²) in [6.45, 7) is 9.61. The van der Waals surface area contributed by atoms with E-state index >= 15 is 0 Å². The first kappa shape index (κ1) is 15.4. The third-order valence-electron chi connectivity index (χ3n) is 2.15. The molecule has 7 heteroatoms. The maximum atomic E-state index is 11.4. The van der Waals surface area contributed by atoms with Crippen LogP contribution in [0, 0.1) is 5.92 Å². The van der Waals surface area contributed by atoms with Crippen molar-refractivity contribution in [3.8, 4) is 0 Å². The fraction of sp³-hybridized carbons (Fsp3) is 0.750. The Morgan fingerprint density at radius 2 is 2.00 bits per heavy atom. The predicted molar refractivity (Wildman–Crippen MR) is 72.6 cm³/mol. The molecule has 1 heterocycles. The van der Waals surface area contributed by atoms with Crippen LogP contribution < -0.4 is 16.0 Å². The van der Waals surface area contributed by atoms with Gasteiger partial charge in [-0.25, -0.2) is 0 Å². The molecule has 0 bridgehead atoms. The number of anilines is 1. The first-order valence-electron chi connectivity index (χ1n) is 6.53. The highest BCUT2D eigenvalue weighted by Gasteiger charge is 2.08. The highest BCUT2D eigenvalue weighted by Crippen LogP contribution is 2.04. The molecule has 0 atom stereocenters. The fourth-order valence-corrected chi connectivity index (χ4v) is 1.39. The highest BCUT2D eigenvalue weighted by molar-refractivity contribution is 5.80. The van der Waals surface area contributed by atoms with Crippen molar-refractivity contribution >= 4 is 11.9 Å². The summed E-state index contributed by atoms with van der Waals surface area (Å²) in [7, 11) is 0. The summed E-state index contributed by atoms with van der Waals surface area (Å²) in [6.07, 6.45) is 0. The van der Waals surface area contributed by atoms with Crippen LogP contribution in [0.1, 0.15) is 33.6 Å². The normalized spacial score (nSPS) is 11.1. The van der Waals surface area contributed by atoms with Crippen molar-refractivity contribution in [2.75, 3.05) is 18.4 Å². The third kappa shape index (κ3) is 6.76. The molecule has 1 amide bonds. The first-order chi connectivity index (χ1) is 8.97. The number of rotatable bonds is 8.